The fourth-order valence-electron chi connectivity index (χ4n) is 6.89. The van der Waals surface area contributed by atoms with Gasteiger partial charge >= 0.3 is 18.3 Å². The molecule has 1 aromatic heterocycles. The molecule has 1 saturated carbocycles. The maximum atomic E-state index is 14.3. The molecule has 8 nitrogen and oxygen atoms in total. The fraction of sp³-hybridized carbons (Fsp3) is 0.562. The molecule has 2 aliphatic rings. The number of methoxy groups -OCH3 is 1. The number of aromatic nitrogens is 4. The highest BCUT2D eigenvalue weighted by Gasteiger charge is 2.38. The summed E-state index contributed by atoms with van der Waals surface area (Å²) in [6.45, 7) is 2.35. The van der Waals surface area contributed by atoms with Crippen molar-refractivity contribution in [1.29, 1.82) is 0 Å². The van der Waals surface area contributed by atoms with Gasteiger partial charge in [-0.3, -0.25) is 4.79 Å². The molecule has 47 heavy (non-hydrogen) atoms. The van der Waals surface area contributed by atoms with Crippen LogP contribution in [-0.2, 0) is 35.5 Å². The van der Waals surface area contributed by atoms with Gasteiger partial charge in [0.15, 0.2) is 0 Å². The predicted molar refractivity (Wildman–Crippen MR) is 164 cm³/mol. The normalized spacial score (nSPS) is 20.5. The third-order valence-electron chi connectivity index (χ3n) is 9.18. The van der Waals surface area contributed by atoms with E-state index < -0.39 is 29.5 Å². The number of ether oxygens (including phenoxy) is 1. The number of halogens is 7. The van der Waals surface area contributed by atoms with Gasteiger partial charge in [0.05, 0.1) is 31.3 Å². The number of alkyl halides is 6. The average Bonchev–Trinajstić information content (AvgIpc) is 3.35. The molecule has 1 fully saturated rings. The van der Waals surface area contributed by atoms with Crippen molar-refractivity contribution in [3.8, 4) is 0 Å². The molecule has 5 rings (SSSR count). The summed E-state index contributed by atoms with van der Waals surface area (Å²) < 4.78 is 88.7. The Morgan fingerprint density at radius 3 is 2.32 bits per heavy atom. The molecule has 0 radical (unpaired) electrons. The zero-order valence-electron chi connectivity index (χ0n) is 26.3. The van der Waals surface area contributed by atoms with Crippen molar-refractivity contribution in [2.24, 2.45) is 18.9 Å². The number of hydrogen-bond acceptors (Lipinski definition) is 7. The van der Waals surface area contributed by atoms with E-state index in [1.165, 1.54) is 37.0 Å². The second kappa shape index (κ2) is 13.9. The van der Waals surface area contributed by atoms with Crippen LogP contribution in [0.4, 0.5) is 38.0 Å². The van der Waals surface area contributed by atoms with E-state index in [4.69, 9.17) is 16.3 Å². The van der Waals surface area contributed by atoms with Gasteiger partial charge in [-0.15, -0.1) is 5.10 Å². The first kappa shape index (κ1) is 34.8. The van der Waals surface area contributed by atoms with Crippen molar-refractivity contribution in [2.75, 3.05) is 30.0 Å². The Bertz CT molecular complexity index is 1570. The van der Waals surface area contributed by atoms with Crippen molar-refractivity contribution in [3.05, 3.63) is 63.2 Å². The van der Waals surface area contributed by atoms with E-state index in [2.05, 4.69) is 15.4 Å². The van der Waals surface area contributed by atoms with E-state index in [0.717, 1.165) is 37.8 Å². The molecule has 1 atom stereocenters. The lowest BCUT2D eigenvalue weighted by Gasteiger charge is -2.35. The van der Waals surface area contributed by atoms with Gasteiger partial charge < -0.3 is 14.5 Å². The number of esters is 1. The number of fused-ring (bicyclic) bond motifs is 1. The highest BCUT2D eigenvalue weighted by atomic mass is 35.5. The number of nitrogens with zero attached hydrogens (tertiary/aromatic N) is 6. The van der Waals surface area contributed by atoms with E-state index in [-0.39, 0.29) is 46.4 Å². The van der Waals surface area contributed by atoms with E-state index >= 15 is 0 Å². The van der Waals surface area contributed by atoms with E-state index in [9.17, 15) is 31.1 Å². The van der Waals surface area contributed by atoms with Gasteiger partial charge in [-0.05, 0) is 103 Å². The molecule has 0 amide bonds. The van der Waals surface area contributed by atoms with Crippen LogP contribution in [0.3, 0.4) is 0 Å². The first-order valence-electron chi connectivity index (χ1n) is 15.5. The number of benzene rings is 2. The average molecular weight is 687 g/mol. The zero-order chi connectivity index (χ0) is 34.1. The monoisotopic (exact) mass is 686 g/mol. The maximum absolute atomic E-state index is 14.3. The van der Waals surface area contributed by atoms with Gasteiger partial charge in [-0.2, -0.15) is 31.1 Å². The highest BCUT2D eigenvalue weighted by molar-refractivity contribution is 6.30. The summed E-state index contributed by atoms with van der Waals surface area (Å²) >= 11 is 6.11. The smallest absolute Gasteiger partial charge is 0.416 e. The standard InChI is InChI=1S/C32H37ClF6N6O2/c1-19-11-25-27(45(30-40-42-43(2)41-30)18-22-12-23(31(34,35)36)15-24(33)13-22)5-4-10-44(28(25)16-26(19)32(37,38)39)17-21-8-6-20(7-9-21)14-29(46)47-3/h11-13,15-16,20-21,27H,4-10,14,17-18H2,1-3H3/t20-,21-,27-/m0/s1. The summed E-state index contributed by atoms with van der Waals surface area (Å²) in [6, 6.07) is 5.45. The van der Waals surface area contributed by atoms with Crippen LogP contribution in [0.25, 0.3) is 0 Å². The molecule has 0 unspecified atom stereocenters. The van der Waals surface area contributed by atoms with Crippen molar-refractivity contribution in [1.82, 2.24) is 20.2 Å². The summed E-state index contributed by atoms with van der Waals surface area (Å²) in [5, 5.41) is 12.3. The second-order valence-electron chi connectivity index (χ2n) is 12.5. The van der Waals surface area contributed by atoms with Crippen LogP contribution in [0.1, 0.15) is 78.8 Å². The zero-order valence-corrected chi connectivity index (χ0v) is 27.1. The van der Waals surface area contributed by atoms with Gasteiger partial charge in [0.25, 0.3) is 5.95 Å². The van der Waals surface area contributed by atoms with E-state index in [0.29, 0.717) is 43.6 Å². The summed E-state index contributed by atoms with van der Waals surface area (Å²) in [4.78, 5) is 16.7. The molecule has 0 N–H and O–H groups in total. The van der Waals surface area contributed by atoms with E-state index in [1.807, 2.05) is 4.90 Å². The van der Waals surface area contributed by atoms with Crippen molar-refractivity contribution in [2.45, 2.75) is 76.8 Å². The van der Waals surface area contributed by atoms with Crippen LogP contribution in [0.15, 0.2) is 30.3 Å². The molecule has 256 valence electrons. The van der Waals surface area contributed by atoms with Gasteiger partial charge in [0.1, 0.15) is 0 Å². The van der Waals surface area contributed by atoms with Crippen molar-refractivity contribution in [3.63, 3.8) is 0 Å². The molecular weight excluding hydrogens is 650 g/mol. The fourth-order valence-corrected chi connectivity index (χ4v) is 7.15. The topological polar surface area (TPSA) is 76.4 Å². The molecule has 1 aliphatic carbocycles. The van der Waals surface area contributed by atoms with Crippen LogP contribution >= 0.6 is 11.6 Å². The molecule has 0 saturated heterocycles. The summed E-state index contributed by atoms with van der Waals surface area (Å²) in [6.07, 6.45) is -4.46. The van der Waals surface area contributed by atoms with E-state index in [1.54, 1.807) is 11.9 Å². The minimum atomic E-state index is -4.63. The highest BCUT2D eigenvalue weighted by Crippen LogP contribution is 2.45. The third kappa shape index (κ3) is 8.31. The first-order valence-corrected chi connectivity index (χ1v) is 15.9. The molecule has 0 bridgehead atoms. The Balaban J connectivity index is 1.53. The lowest BCUT2D eigenvalue weighted by Crippen LogP contribution is -2.33. The van der Waals surface area contributed by atoms with Crippen LogP contribution in [0.5, 0.6) is 0 Å². The Morgan fingerprint density at radius 2 is 1.70 bits per heavy atom. The minimum absolute atomic E-state index is 0.0422. The Hall–Kier alpha value is -3.55. The van der Waals surface area contributed by atoms with Crippen LogP contribution in [0.2, 0.25) is 5.02 Å². The van der Waals surface area contributed by atoms with Crippen molar-refractivity contribution < 1.29 is 35.9 Å². The molecule has 3 aromatic rings. The minimum Gasteiger partial charge on any atom is -0.469 e. The van der Waals surface area contributed by atoms with Gasteiger partial charge in [-0.1, -0.05) is 22.8 Å². The number of carbonyl (C=O) groups is 1. The number of hydrogen-bond donors (Lipinski definition) is 0. The SMILES string of the molecule is COC(=O)C[C@H]1CC[C@H](CN2CCC[C@H](N(Cc3cc(Cl)cc(C(F)(F)F)c3)c3nnn(C)n3)c3cc(C)c(C(F)(F)F)cc32)CC1. The van der Waals surface area contributed by atoms with Crippen LogP contribution in [0, 0.1) is 18.8 Å². The summed E-state index contributed by atoms with van der Waals surface area (Å²) in [5.74, 6) is 0.322. The third-order valence-corrected chi connectivity index (χ3v) is 9.40. The molecule has 0 spiro atoms. The lowest BCUT2D eigenvalue weighted by atomic mass is 9.80. The number of tetrazole rings is 1. The van der Waals surface area contributed by atoms with Gasteiger partial charge in [-0.25, -0.2) is 0 Å². The van der Waals surface area contributed by atoms with Crippen molar-refractivity contribution >= 4 is 29.2 Å². The molecular formula is C32H37ClF6N6O2. The quantitative estimate of drug-likeness (QED) is 0.176. The van der Waals surface area contributed by atoms with Gasteiger partial charge in [0.2, 0.25) is 0 Å². The predicted octanol–water partition coefficient (Wildman–Crippen LogP) is 7.93. The lowest BCUT2D eigenvalue weighted by molar-refractivity contribution is -0.142. The van der Waals surface area contributed by atoms with Crippen LogP contribution < -0.4 is 9.80 Å². The maximum Gasteiger partial charge on any atom is 0.416 e. The number of carbonyl (C=O) groups excluding carboxylic acids is 1. The summed E-state index contributed by atoms with van der Waals surface area (Å²) in [5.41, 5.74) is -0.326. The molecule has 2 aromatic carbocycles. The number of aryl methyl sites for hydroxylation is 2. The Kier molecular flexibility index (Phi) is 10.3. The number of anilines is 2. The van der Waals surface area contributed by atoms with Crippen LogP contribution in [-0.4, -0.2) is 46.4 Å². The Labute approximate surface area is 274 Å². The molecule has 2 heterocycles. The Morgan fingerprint density at radius 1 is 1.00 bits per heavy atom. The largest absolute Gasteiger partial charge is 0.469 e. The van der Waals surface area contributed by atoms with Gasteiger partial charge in [0, 0.05) is 36.8 Å². The number of rotatable bonds is 8. The molecule has 15 heteroatoms. The first-order chi connectivity index (χ1) is 22.1. The molecule has 1 aliphatic heterocycles. The summed E-state index contributed by atoms with van der Waals surface area (Å²) in [7, 11) is 2.92. The second-order valence-corrected chi connectivity index (χ2v) is 13.0.